The second-order valence-corrected chi connectivity index (χ2v) is 6.65. The van der Waals surface area contributed by atoms with Crippen LogP contribution >= 0.6 is 0 Å². The zero-order valence-corrected chi connectivity index (χ0v) is 14.9. The third-order valence-corrected chi connectivity index (χ3v) is 4.59. The number of anilines is 2. The number of fused-ring (bicyclic) bond motifs is 1. The van der Waals surface area contributed by atoms with Crippen LogP contribution in [0.5, 0.6) is 0 Å². The molecule has 0 atom stereocenters. The van der Waals surface area contributed by atoms with Crippen molar-refractivity contribution in [2.45, 2.75) is 26.2 Å². The van der Waals surface area contributed by atoms with Crippen LogP contribution in [0.15, 0.2) is 48.5 Å². The molecule has 1 aliphatic rings. The molecule has 1 aliphatic heterocycles. The molecule has 0 aliphatic carbocycles. The summed E-state index contributed by atoms with van der Waals surface area (Å²) < 4.78 is 0. The van der Waals surface area contributed by atoms with E-state index in [-0.39, 0.29) is 5.91 Å². The second-order valence-electron chi connectivity index (χ2n) is 6.65. The fourth-order valence-corrected chi connectivity index (χ4v) is 3.33. The smallest absolute Gasteiger partial charge is 0.239 e. The summed E-state index contributed by atoms with van der Waals surface area (Å²) in [5.74, 6) is 0.0859. The third kappa shape index (κ3) is 4.99. The maximum atomic E-state index is 12.3. The number of para-hydroxylation sites is 1. The molecule has 0 saturated carbocycles. The molecule has 1 amide bonds. The molecule has 2 aromatic carbocycles. The Hall–Kier alpha value is -2.49. The SMILES string of the molecule is Cc1cccc(NCCNC(=O)CN2CCCCc3ccccc32)c1. The maximum Gasteiger partial charge on any atom is 0.239 e. The van der Waals surface area contributed by atoms with E-state index in [0.29, 0.717) is 13.1 Å². The van der Waals surface area contributed by atoms with Gasteiger partial charge in [-0.2, -0.15) is 0 Å². The van der Waals surface area contributed by atoms with Crippen LogP contribution in [0.4, 0.5) is 11.4 Å². The predicted molar refractivity (Wildman–Crippen MR) is 104 cm³/mol. The lowest BCUT2D eigenvalue weighted by Gasteiger charge is -2.24. The lowest BCUT2D eigenvalue weighted by Crippen LogP contribution is -2.39. The zero-order chi connectivity index (χ0) is 17.5. The lowest BCUT2D eigenvalue weighted by molar-refractivity contribution is -0.119. The van der Waals surface area contributed by atoms with Crippen molar-refractivity contribution in [2.24, 2.45) is 0 Å². The quantitative estimate of drug-likeness (QED) is 0.795. The molecule has 4 nitrogen and oxygen atoms in total. The summed E-state index contributed by atoms with van der Waals surface area (Å²) in [6, 6.07) is 16.7. The van der Waals surface area contributed by atoms with Crippen molar-refractivity contribution in [1.82, 2.24) is 5.32 Å². The Balaban J connectivity index is 1.46. The van der Waals surface area contributed by atoms with Gasteiger partial charge in [0, 0.05) is 31.0 Å². The minimum absolute atomic E-state index is 0.0859. The van der Waals surface area contributed by atoms with Gasteiger partial charge in [0.1, 0.15) is 0 Å². The van der Waals surface area contributed by atoms with E-state index in [1.165, 1.54) is 23.2 Å². The van der Waals surface area contributed by atoms with E-state index in [1.807, 2.05) is 12.1 Å². The first-order valence-electron chi connectivity index (χ1n) is 9.12. The van der Waals surface area contributed by atoms with Gasteiger partial charge < -0.3 is 15.5 Å². The maximum absolute atomic E-state index is 12.3. The number of rotatable bonds is 6. The highest BCUT2D eigenvalue weighted by Gasteiger charge is 2.17. The van der Waals surface area contributed by atoms with E-state index in [0.717, 1.165) is 31.6 Å². The number of carbonyl (C=O) groups excluding carboxylic acids is 1. The summed E-state index contributed by atoms with van der Waals surface area (Å²) in [5.41, 5.74) is 4.89. The third-order valence-electron chi connectivity index (χ3n) is 4.59. The number of aryl methyl sites for hydroxylation is 2. The Morgan fingerprint density at radius 3 is 2.84 bits per heavy atom. The summed E-state index contributed by atoms with van der Waals surface area (Å²) in [5, 5.41) is 6.36. The van der Waals surface area contributed by atoms with Crippen LogP contribution in [0.1, 0.15) is 24.0 Å². The van der Waals surface area contributed by atoms with Crippen molar-refractivity contribution in [3.63, 3.8) is 0 Å². The summed E-state index contributed by atoms with van der Waals surface area (Å²) in [4.78, 5) is 14.5. The Labute approximate surface area is 150 Å². The summed E-state index contributed by atoms with van der Waals surface area (Å²) in [6.45, 7) is 4.81. The molecule has 0 unspecified atom stereocenters. The number of benzene rings is 2. The Kier molecular flexibility index (Phi) is 5.94. The van der Waals surface area contributed by atoms with Gasteiger partial charge in [-0.1, -0.05) is 30.3 Å². The van der Waals surface area contributed by atoms with Crippen LogP contribution in [0.25, 0.3) is 0 Å². The minimum Gasteiger partial charge on any atom is -0.383 e. The molecule has 0 bridgehead atoms. The van der Waals surface area contributed by atoms with E-state index in [4.69, 9.17) is 0 Å². The van der Waals surface area contributed by atoms with Gasteiger partial charge >= 0.3 is 0 Å². The number of nitrogens with one attached hydrogen (secondary N) is 2. The highest BCUT2D eigenvalue weighted by Crippen LogP contribution is 2.25. The van der Waals surface area contributed by atoms with Crippen molar-refractivity contribution in [3.05, 3.63) is 59.7 Å². The van der Waals surface area contributed by atoms with E-state index >= 15 is 0 Å². The zero-order valence-electron chi connectivity index (χ0n) is 14.9. The van der Waals surface area contributed by atoms with Crippen molar-refractivity contribution < 1.29 is 4.79 Å². The van der Waals surface area contributed by atoms with Crippen LogP contribution in [0.2, 0.25) is 0 Å². The van der Waals surface area contributed by atoms with Crippen molar-refractivity contribution in [3.8, 4) is 0 Å². The van der Waals surface area contributed by atoms with Crippen molar-refractivity contribution in [1.29, 1.82) is 0 Å². The van der Waals surface area contributed by atoms with Gasteiger partial charge in [-0.3, -0.25) is 4.79 Å². The molecular formula is C21H27N3O. The van der Waals surface area contributed by atoms with Crippen molar-refractivity contribution >= 4 is 17.3 Å². The molecule has 2 aromatic rings. The fraction of sp³-hybridized carbons (Fsp3) is 0.381. The average molecular weight is 337 g/mol. The molecule has 0 aromatic heterocycles. The van der Waals surface area contributed by atoms with Crippen LogP contribution in [-0.2, 0) is 11.2 Å². The number of hydrogen-bond donors (Lipinski definition) is 2. The topological polar surface area (TPSA) is 44.4 Å². The highest BCUT2D eigenvalue weighted by molar-refractivity contribution is 5.81. The van der Waals surface area contributed by atoms with Crippen LogP contribution in [0.3, 0.4) is 0 Å². The largest absolute Gasteiger partial charge is 0.383 e. The molecular weight excluding hydrogens is 310 g/mol. The van der Waals surface area contributed by atoms with Crippen LogP contribution < -0.4 is 15.5 Å². The number of hydrogen-bond acceptors (Lipinski definition) is 3. The molecule has 0 saturated heterocycles. The van der Waals surface area contributed by atoms with Gasteiger partial charge in [-0.05, 0) is 55.5 Å². The van der Waals surface area contributed by atoms with Crippen LogP contribution in [0, 0.1) is 6.92 Å². The van der Waals surface area contributed by atoms with Gasteiger partial charge in [0.25, 0.3) is 0 Å². The normalized spacial score (nSPS) is 13.7. The van der Waals surface area contributed by atoms with Gasteiger partial charge in [0.2, 0.25) is 5.91 Å². The molecule has 0 radical (unpaired) electrons. The van der Waals surface area contributed by atoms with E-state index < -0.39 is 0 Å². The highest BCUT2D eigenvalue weighted by atomic mass is 16.2. The lowest BCUT2D eigenvalue weighted by atomic mass is 10.1. The molecule has 2 N–H and O–H groups in total. The average Bonchev–Trinajstić information content (AvgIpc) is 2.81. The van der Waals surface area contributed by atoms with E-state index in [2.05, 4.69) is 58.9 Å². The monoisotopic (exact) mass is 337 g/mol. The second kappa shape index (κ2) is 8.56. The molecule has 3 rings (SSSR count). The Morgan fingerprint density at radius 1 is 1.08 bits per heavy atom. The molecule has 25 heavy (non-hydrogen) atoms. The first-order chi connectivity index (χ1) is 12.2. The minimum atomic E-state index is 0.0859. The van der Waals surface area contributed by atoms with Crippen LogP contribution in [-0.4, -0.2) is 32.1 Å². The first kappa shape index (κ1) is 17.3. The standard InChI is InChI=1S/C21H27N3O/c1-17-7-6-10-19(15-17)22-12-13-23-21(25)16-24-14-5-4-9-18-8-2-3-11-20(18)24/h2-3,6-8,10-11,15,22H,4-5,9,12-14,16H2,1H3,(H,23,25). The number of carbonyl (C=O) groups is 1. The first-order valence-corrected chi connectivity index (χ1v) is 9.12. The molecule has 0 spiro atoms. The summed E-state index contributed by atoms with van der Waals surface area (Å²) >= 11 is 0. The Bertz CT molecular complexity index is 714. The van der Waals surface area contributed by atoms with E-state index in [1.54, 1.807) is 0 Å². The predicted octanol–water partition coefficient (Wildman–Crippen LogP) is 3.37. The van der Waals surface area contributed by atoms with E-state index in [9.17, 15) is 4.79 Å². The number of amides is 1. The van der Waals surface area contributed by atoms with Gasteiger partial charge in [0.05, 0.1) is 6.54 Å². The molecule has 0 fully saturated rings. The van der Waals surface area contributed by atoms with Gasteiger partial charge in [0.15, 0.2) is 0 Å². The Morgan fingerprint density at radius 2 is 1.96 bits per heavy atom. The summed E-state index contributed by atoms with van der Waals surface area (Å²) in [6.07, 6.45) is 3.43. The van der Waals surface area contributed by atoms with Gasteiger partial charge in [-0.25, -0.2) is 0 Å². The fourth-order valence-electron chi connectivity index (χ4n) is 3.33. The van der Waals surface area contributed by atoms with Crippen molar-refractivity contribution in [2.75, 3.05) is 36.4 Å². The number of nitrogens with zero attached hydrogens (tertiary/aromatic N) is 1. The molecule has 4 heteroatoms. The van der Waals surface area contributed by atoms with Gasteiger partial charge in [-0.15, -0.1) is 0 Å². The summed E-state index contributed by atoms with van der Waals surface area (Å²) in [7, 11) is 0. The molecule has 132 valence electrons. The molecule has 1 heterocycles.